The molecule has 4 aromatic rings. The zero-order valence-corrected chi connectivity index (χ0v) is 20.1. The lowest BCUT2D eigenvalue weighted by Crippen LogP contribution is -2.36. The number of para-hydroxylation sites is 1. The number of fused-ring (bicyclic) bond motifs is 1. The fourth-order valence-corrected chi connectivity index (χ4v) is 6.54. The molecule has 1 aliphatic rings. The van der Waals surface area contributed by atoms with Gasteiger partial charge in [-0.15, -0.1) is 11.3 Å². The number of primary amides is 1. The molecule has 2 aromatic heterocycles. The highest BCUT2D eigenvalue weighted by atomic mass is 32.2. The summed E-state index contributed by atoms with van der Waals surface area (Å²) in [7, 11) is -3.69. The van der Waals surface area contributed by atoms with E-state index in [4.69, 9.17) is 5.73 Å². The zero-order valence-electron chi connectivity index (χ0n) is 18.4. The number of benzene rings is 2. The highest BCUT2D eigenvalue weighted by Crippen LogP contribution is 2.30. The summed E-state index contributed by atoms with van der Waals surface area (Å²) in [6.07, 6.45) is 0.382. The van der Waals surface area contributed by atoms with Crippen LogP contribution < -0.4 is 11.1 Å². The number of aromatic nitrogens is 2. The Bertz CT molecular complexity index is 1500. The Morgan fingerprint density at radius 3 is 2.40 bits per heavy atom. The highest BCUT2D eigenvalue weighted by Gasteiger charge is 2.34. The second kappa shape index (κ2) is 9.10. The van der Waals surface area contributed by atoms with Crippen LogP contribution in [0.15, 0.2) is 76.3 Å². The first-order valence-corrected chi connectivity index (χ1v) is 13.1. The second-order valence-electron chi connectivity index (χ2n) is 7.94. The number of amides is 2. The summed E-state index contributed by atoms with van der Waals surface area (Å²) in [5.41, 5.74) is 8.27. The van der Waals surface area contributed by atoms with E-state index in [0.29, 0.717) is 34.6 Å². The van der Waals surface area contributed by atoms with Crippen molar-refractivity contribution in [1.82, 2.24) is 14.1 Å². The lowest BCUT2D eigenvalue weighted by Gasteiger charge is -2.25. The van der Waals surface area contributed by atoms with E-state index in [1.54, 1.807) is 34.3 Å². The van der Waals surface area contributed by atoms with E-state index in [2.05, 4.69) is 10.4 Å². The summed E-state index contributed by atoms with van der Waals surface area (Å²) in [6, 6.07) is 18.7. The predicted molar refractivity (Wildman–Crippen MR) is 132 cm³/mol. The Kier molecular flexibility index (Phi) is 5.97. The van der Waals surface area contributed by atoms with Crippen LogP contribution in [-0.4, -0.2) is 40.9 Å². The van der Waals surface area contributed by atoms with Crippen molar-refractivity contribution >= 4 is 38.9 Å². The lowest BCUT2D eigenvalue weighted by molar-refractivity contribution is 0.0997. The Hall–Kier alpha value is -3.80. The minimum Gasteiger partial charge on any atom is -0.366 e. The number of nitrogens with two attached hydrogens (primary N) is 1. The van der Waals surface area contributed by atoms with E-state index in [0.717, 1.165) is 11.3 Å². The van der Waals surface area contributed by atoms with Crippen LogP contribution in [0.1, 0.15) is 32.1 Å². The number of hydrogen-bond acceptors (Lipinski definition) is 6. The summed E-state index contributed by atoms with van der Waals surface area (Å²) in [5.74, 6) is -1.00. The first-order chi connectivity index (χ1) is 16.8. The molecular weight excluding hydrogens is 486 g/mol. The molecule has 178 valence electrons. The van der Waals surface area contributed by atoms with Gasteiger partial charge in [0.15, 0.2) is 0 Å². The van der Waals surface area contributed by atoms with Gasteiger partial charge < -0.3 is 11.1 Å². The van der Waals surface area contributed by atoms with Gasteiger partial charge in [-0.05, 0) is 47.8 Å². The predicted octanol–water partition coefficient (Wildman–Crippen LogP) is 3.03. The SMILES string of the molecule is NC(=O)c1ccc(NC(=O)c2c3c(nn2-c2ccccc2)CCN(S(=O)(=O)c2cccs2)C3)cc1. The molecule has 9 nitrogen and oxygen atoms in total. The van der Waals surface area contributed by atoms with Gasteiger partial charge in [0.2, 0.25) is 5.91 Å². The van der Waals surface area contributed by atoms with E-state index in [9.17, 15) is 18.0 Å². The van der Waals surface area contributed by atoms with E-state index in [-0.39, 0.29) is 23.0 Å². The molecule has 1 aliphatic heterocycles. The molecule has 0 fully saturated rings. The number of sulfonamides is 1. The van der Waals surface area contributed by atoms with Gasteiger partial charge in [0.05, 0.1) is 11.4 Å². The number of carbonyl (C=O) groups is 2. The van der Waals surface area contributed by atoms with Crippen LogP contribution in [-0.2, 0) is 23.0 Å². The molecule has 3 heterocycles. The third kappa shape index (κ3) is 4.36. The molecule has 0 radical (unpaired) electrons. The Balaban J connectivity index is 1.54. The normalized spacial score (nSPS) is 13.8. The lowest BCUT2D eigenvalue weighted by atomic mass is 10.1. The average Bonchev–Trinajstić information content (AvgIpc) is 3.53. The first-order valence-electron chi connectivity index (χ1n) is 10.8. The maximum atomic E-state index is 13.5. The highest BCUT2D eigenvalue weighted by molar-refractivity contribution is 7.91. The molecule has 2 aromatic carbocycles. The monoisotopic (exact) mass is 507 g/mol. The largest absolute Gasteiger partial charge is 0.366 e. The van der Waals surface area contributed by atoms with Crippen LogP contribution in [0.2, 0.25) is 0 Å². The van der Waals surface area contributed by atoms with Crippen molar-refractivity contribution in [2.45, 2.75) is 17.2 Å². The molecule has 35 heavy (non-hydrogen) atoms. The van der Waals surface area contributed by atoms with Crippen molar-refractivity contribution in [3.63, 3.8) is 0 Å². The summed E-state index contributed by atoms with van der Waals surface area (Å²) < 4.78 is 29.5. The maximum Gasteiger partial charge on any atom is 0.274 e. The fraction of sp³-hybridized carbons (Fsp3) is 0.125. The molecule has 2 amide bonds. The molecule has 5 rings (SSSR count). The van der Waals surface area contributed by atoms with Gasteiger partial charge in [0, 0.05) is 36.3 Å². The summed E-state index contributed by atoms with van der Waals surface area (Å²) in [4.78, 5) is 24.9. The number of hydrogen-bond donors (Lipinski definition) is 2. The van der Waals surface area contributed by atoms with Crippen LogP contribution in [0.25, 0.3) is 5.69 Å². The van der Waals surface area contributed by atoms with E-state index in [1.807, 2.05) is 30.3 Å². The molecule has 0 spiro atoms. The molecule has 0 saturated heterocycles. The van der Waals surface area contributed by atoms with Crippen LogP contribution in [0.3, 0.4) is 0 Å². The molecule has 0 atom stereocenters. The summed E-state index contributed by atoms with van der Waals surface area (Å²) in [6.45, 7) is 0.306. The van der Waals surface area contributed by atoms with Gasteiger partial charge in [-0.25, -0.2) is 13.1 Å². The zero-order chi connectivity index (χ0) is 24.6. The number of anilines is 1. The quantitative estimate of drug-likeness (QED) is 0.415. The van der Waals surface area contributed by atoms with Gasteiger partial charge in [-0.3, -0.25) is 9.59 Å². The summed E-state index contributed by atoms with van der Waals surface area (Å²) >= 11 is 1.16. The Morgan fingerprint density at radius 1 is 1.00 bits per heavy atom. The van der Waals surface area contributed by atoms with Crippen LogP contribution in [0, 0.1) is 0 Å². The number of carbonyl (C=O) groups excluding carboxylic acids is 2. The first kappa shape index (κ1) is 23.0. The van der Waals surface area contributed by atoms with Crippen molar-refractivity contribution in [2.75, 3.05) is 11.9 Å². The van der Waals surface area contributed by atoms with Gasteiger partial charge >= 0.3 is 0 Å². The smallest absolute Gasteiger partial charge is 0.274 e. The van der Waals surface area contributed by atoms with Crippen molar-refractivity contribution in [1.29, 1.82) is 0 Å². The average molecular weight is 508 g/mol. The number of nitrogens with zero attached hydrogens (tertiary/aromatic N) is 3. The van der Waals surface area contributed by atoms with Crippen molar-refractivity contribution in [3.8, 4) is 5.69 Å². The second-order valence-corrected chi connectivity index (χ2v) is 11.1. The minimum atomic E-state index is -3.69. The molecule has 0 aliphatic carbocycles. The Labute approximate surface area is 205 Å². The topological polar surface area (TPSA) is 127 Å². The summed E-state index contributed by atoms with van der Waals surface area (Å²) in [5, 5.41) is 9.23. The molecule has 0 bridgehead atoms. The number of rotatable bonds is 6. The van der Waals surface area contributed by atoms with Crippen molar-refractivity contribution in [3.05, 3.63) is 94.6 Å². The van der Waals surface area contributed by atoms with Crippen molar-refractivity contribution < 1.29 is 18.0 Å². The van der Waals surface area contributed by atoms with E-state index < -0.39 is 21.8 Å². The minimum absolute atomic E-state index is 0.0335. The van der Waals surface area contributed by atoms with Gasteiger partial charge in [0.25, 0.3) is 15.9 Å². The van der Waals surface area contributed by atoms with Crippen molar-refractivity contribution in [2.24, 2.45) is 5.73 Å². The third-order valence-corrected chi connectivity index (χ3v) is 8.95. The number of nitrogens with one attached hydrogen (secondary N) is 1. The molecule has 3 N–H and O–H groups in total. The molecular formula is C24H21N5O4S2. The van der Waals surface area contributed by atoms with Crippen LogP contribution >= 0.6 is 11.3 Å². The van der Waals surface area contributed by atoms with Crippen LogP contribution in [0.4, 0.5) is 5.69 Å². The van der Waals surface area contributed by atoms with Crippen LogP contribution in [0.5, 0.6) is 0 Å². The van der Waals surface area contributed by atoms with Gasteiger partial charge in [-0.1, -0.05) is 24.3 Å². The standard InChI is InChI=1S/C24H21N5O4S2/c25-23(30)16-8-10-17(11-9-16)26-24(31)22-19-15-28(35(32,33)21-7-4-14-34-21)13-12-20(19)27-29(22)18-5-2-1-3-6-18/h1-11,14H,12-13,15H2,(H2,25,30)(H,26,31). The molecule has 11 heteroatoms. The van der Waals surface area contributed by atoms with E-state index >= 15 is 0 Å². The van der Waals surface area contributed by atoms with E-state index in [1.165, 1.54) is 16.4 Å². The van der Waals surface area contributed by atoms with Gasteiger partial charge in [0.1, 0.15) is 9.90 Å². The molecule has 0 saturated carbocycles. The number of thiophene rings is 1. The Morgan fingerprint density at radius 2 is 1.74 bits per heavy atom. The maximum absolute atomic E-state index is 13.5. The third-order valence-electron chi connectivity index (χ3n) is 5.73. The fourth-order valence-electron chi connectivity index (χ4n) is 3.99. The molecule has 0 unspecified atom stereocenters. The van der Waals surface area contributed by atoms with Gasteiger partial charge in [-0.2, -0.15) is 9.40 Å².